The molecule has 184 valence electrons. The first-order valence-corrected chi connectivity index (χ1v) is 13.0. The molecule has 0 radical (unpaired) electrons. The Hall–Kier alpha value is -2.44. The van der Waals surface area contributed by atoms with Crippen molar-refractivity contribution < 1.29 is 22.7 Å². The van der Waals surface area contributed by atoms with E-state index < -0.39 is 16.1 Å². The van der Waals surface area contributed by atoms with E-state index in [0.717, 1.165) is 13.0 Å². The molecule has 2 aromatic rings. The highest BCUT2D eigenvalue weighted by Crippen LogP contribution is 2.34. The van der Waals surface area contributed by atoms with E-state index in [4.69, 9.17) is 4.74 Å². The lowest BCUT2D eigenvalue weighted by atomic mass is 10.0. The van der Waals surface area contributed by atoms with Crippen LogP contribution in [0.4, 0.5) is 4.39 Å². The quantitative estimate of drug-likeness (QED) is 0.632. The maximum atomic E-state index is 13.5. The van der Waals surface area contributed by atoms with Gasteiger partial charge in [-0.1, -0.05) is 31.8 Å². The highest BCUT2D eigenvalue weighted by atomic mass is 32.2. The van der Waals surface area contributed by atoms with Gasteiger partial charge in [-0.3, -0.25) is 0 Å². The van der Waals surface area contributed by atoms with Crippen molar-refractivity contribution in [3.05, 3.63) is 59.4 Å². The molecule has 6 nitrogen and oxygen atoms in total. The molecule has 0 saturated heterocycles. The molecule has 2 aromatic carbocycles. The lowest BCUT2D eigenvalue weighted by Crippen LogP contribution is -2.49. The zero-order valence-corrected chi connectivity index (χ0v) is 21.0. The van der Waals surface area contributed by atoms with Crippen LogP contribution in [0.3, 0.4) is 0 Å². The van der Waals surface area contributed by atoms with Crippen LogP contribution in [0.25, 0.3) is 0 Å². The second-order valence-electron chi connectivity index (χ2n) is 8.92. The van der Waals surface area contributed by atoms with E-state index in [2.05, 4.69) is 23.7 Å². The van der Waals surface area contributed by atoms with Crippen molar-refractivity contribution in [2.24, 2.45) is 5.92 Å². The topological polar surface area (TPSA) is 70.1 Å². The number of benzene rings is 2. The molecule has 0 spiro atoms. The second-order valence-corrected chi connectivity index (χ2v) is 10.8. The number of ether oxygens (including phenoxy) is 1. The van der Waals surface area contributed by atoms with Gasteiger partial charge in [-0.2, -0.15) is 4.31 Å². The average Bonchev–Trinajstić information content (AvgIpc) is 2.79. The summed E-state index contributed by atoms with van der Waals surface area (Å²) in [6.45, 7) is 7.27. The number of fused-ring (bicyclic) bond motifs is 1. The van der Waals surface area contributed by atoms with Crippen LogP contribution in [0.5, 0.6) is 5.75 Å². The first-order chi connectivity index (χ1) is 16.1. The fourth-order valence-corrected chi connectivity index (χ4v) is 5.84. The molecule has 1 heterocycles. The SMILES string of the molecule is CCCN(C)C[C@@H]1Oc2cc(C#Cc3cccc(F)c3)ccc2S(=O)(=O)N([C@@H](C)CO)C[C@@H]1C. The number of sulfonamides is 1. The van der Waals surface area contributed by atoms with Crippen molar-refractivity contribution in [3.63, 3.8) is 0 Å². The Morgan fingerprint density at radius 1 is 1.24 bits per heavy atom. The van der Waals surface area contributed by atoms with Gasteiger partial charge in [0.25, 0.3) is 0 Å². The lowest BCUT2D eigenvalue weighted by Gasteiger charge is -2.37. The summed E-state index contributed by atoms with van der Waals surface area (Å²) >= 11 is 0. The van der Waals surface area contributed by atoms with Gasteiger partial charge in [0, 0.05) is 36.2 Å². The zero-order valence-electron chi connectivity index (χ0n) is 20.2. The molecule has 0 aromatic heterocycles. The number of halogens is 1. The summed E-state index contributed by atoms with van der Waals surface area (Å²) in [6.07, 6.45) is 0.737. The second kappa shape index (κ2) is 11.3. The van der Waals surface area contributed by atoms with Gasteiger partial charge in [-0.05, 0) is 63.3 Å². The van der Waals surface area contributed by atoms with Gasteiger partial charge in [0.2, 0.25) is 10.0 Å². The van der Waals surface area contributed by atoms with Crippen LogP contribution in [0.1, 0.15) is 38.3 Å². The van der Waals surface area contributed by atoms with Crippen LogP contribution < -0.4 is 4.74 Å². The molecule has 34 heavy (non-hydrogen) atoms. The highest BCUT2D eigenvalue weighted by molar-refractivity contribution is 7.89. The maximum absolute atomic E-state index is 13.5. The molecule has 0 unspecified atom stereocenters. The van der Waals surface area contributed by atoms with Crippen molar-refractivity contribution in [3.8, 4) is 17.6 Å². The number of hydrogen-bond acceptors (Lipinski definition) is 5. The number of hydrogen-bond donors (Lipinski definition) is 1. The monoisotopic (exact) mass is 488 g/mol. The van der Waals surface area contributed by atoms with E-state index in [1.54, 1.807) is 31.2 Å². The Balaban J connectivity index is 2.05. The van der Waals surface area contributed by atoms with Crippen LogP contribution in [-0.2, 0) is 10.0 Å². The van der Waals surface area contributed by atoms with E-state index >= 15 is 0 Å². The van der Waals surface area contributed by atoms with E-state index in [1.807, 2.05) is 14.0 Å². The van der Waals surface area contributed by atoms with Crippen molar-refractivity contribution in [2.45, 2.75) is 44.2 Å². The molecule has 0 aliphatic carbocycles. The third kappa shape index (κ3) is 6.16. The maximum Gasteiger partial charge on any atom is 0.247 e. The summed E-state index contributed by atoms with van der Waals surface area (Å²) < 4.78 is 48.2. The van der Waals surface area contributed by atoms with Crippen LogP contribution in [0.15, 0.2) is 47.4 Å². The summed E-state index contributed by atoms with van der Waals surface area (Å²) in [4.78, 5) is 2.23. The van der Waals surface area contributed by atoms with Gasteiger partial charge in [-0.15, -0.1) is 0 Å². The molecule has 1 aliphatic rings. The fourth-order valence-electron chi connectivity index (χ4n) is 4.01. The molecule has 0 bridgehead atoms. The average molecular weight is 489 g/mol. The third-order valence-corrected chi connectivity index (χ3v) is 7.96. The minimum Gasteiger partial charge on any atom is -0.487 e. The Morgan fingerprint density at radius 2 is 1.94 bits per heavy atom. The van der Waals surface area contributed by atoms with Crippen LogP contribution in [0.2, 0.25) is 0 Å². The van der Waals surface area contributed by atoms with Crippen molar-refractivity contribution >= 4 is 10.0 Å². The van der Waals surface area contributed by atoms with Crippen molar-refractivity contribution in [1.82, 2.24) is 9.21 Å². The summed E-state index contributed by atoms with van der Waals surface area (Å²) in [5, 5.41) is 9.75. The number of aliphatic hydroxyl groups excluding tert-OH is 1. The number of rotatable bonds is 6. The molecular weight excluding hydrogens is 455 g/mol. The van der Waals surface area contributed by atoms with Gasteiger partial charge in [0.15, 0.2) is 0 Å². The number of nitrogens with zero attached hydrogens (tertiary/aromatic N) is 2. The molecule has 0 amide bonds. The first kappa shape index (κ1) is 26.2. The van der Waals surface area contributed by atoms with Crippen molar-refractivity contribution in [2.75, 3.05) is 33.3 Å². The Morgan fingerprint density at radius 3 is 2.59 bits per heavy atom. The van der Waals surface area contributed by atoms with Gasteiger partial charge >= 0.3 is 0 Å². The summed E-state index contributed by atoms with van der Waals surface area (Å²) in [7, 11) is -1.88. The Labute approximate surface area is 202 Å². The van der Waals surface area contributed by atoms with E-state index in [1.165, 1.54) is 22.5 Å². The largest absolute Gasteiger partial charge is 0.487 e. The van der Waals surface area contributed by atoms with E-state index in [9.17, 15) is 17.9 Å². The standard InChI is InChI=1S/C26H33FN2O4S/c1-5-13-28(4)17-25-19(2)16-29(20(3)18-30)34(31,32)26-12-11-22(15-24(26)33-25)10-9-21-7-6-8-23(27)14-21/h6-8,11-12,14-15,19-20,25,30H,5,13,16-18H2,1-4H3/t19-,20-,25-/m0/s1. The van der Waals surface area contributed by atoms with Crippen LogP contribution in [-0.4, -0.2) is 68.2 Å². The zero-order chi connectivity index (χ0) is 24.9. The molecule has 3 atom stereocenters. The summed E-state index contributed by atoms with van der Waals surface area (Å²) in [5.41, 5.74) is 1.09. The van der Waals surface area contributed by atoms with E-state index in [-0.39, 0.29) is 41.6 Å². The van der Waals surface area contributed by atoms with Crippen LogP contribution in [0, 0.1) is 23.6 Å². The summed E-state index contributed by atoms with van der Waals surface area (Å²) in [5.74, 6) is 5.65. The molecule has 1 aliphatic heterocycles. The fraction of sp³-hybridized carbons (Fsp3) is 0.462. The lowest BCUT2D eigenvalue weighted by molar-refractivity contribution is 0.0752. The Bertz CT molecular complexity index is 1160. The van der Waals surface area contributed by atoms with Gasteiger partial charge in [-0.25, -0.2) is 12.8 Å². The number of likely N-dealkylation sites (N-methyl/N-ethyl adjacent to an activating group) is 1. The third-order valence-electron chi connectivity index (χ3n) is 5.94. The normalized spacial score (nSPS) is 20.9. The van der Waals surface area contributed by atoms with Crippen molar-refractivity contribution in [1.29, 1.82) is 0 Å². The predicted octanol–water partition coefficient (Wildman–Crippen LogP) is 3.34. The predicted molar refractivity (Wildman–Crippen MR) is 131 cm³/mol. The van der Waals surface area contributed by atoms with Crippen LogP contribution >= 0.6 is 0 Å². The molecule has 8 heteroatoms. The minimum atomic E-state index is -3.90. The Kier molecular flexibility index (Phi) is 8.72. The molecule has 0 fully saturated rings. The van der Waals surface area contributed by atoms with Gasteiger partial charge in [0.1, 0.15) is 22.6 Å². The molecular formula is C26H33FN2O4S. The molecule has 3 rings (SSSR count). The van der Waals surface area contributed by atoms with Gasteiger partial charge < -0.3 is 14.7 Å². The van der Waals surface area contributed by atoms with E-state index in [0.29, 0.717) is 17.7 Å². The summed E-state index contributed by atoms with van der Waals surface area (Å²) in [6, 6.07) is 10.2. The smallest absolute Gasteiger partial charge is 0.247 e. The molecule has 0 saturated carbocycles. The molecule has 1 N–H and O–H groups in total. The van der Waals surface area contributed by atoms with Gasteiger partial charge in [0.05, 0.1) is 6.61 Å². The highest BCUT2D eigenvalue weighted by Gasteiger charge is 2.38. The minimum absolute atomic E-state index is 0.0548. The number of aliphatic hydroxyl groups is 1. The first-order valence-electron chi connectivity index (χ1n) is 11.5.